The molecule has 0 aliphatic carbocycles. The molecule has 0 heterocycles. The summed E-state index contributed by atoms with van der Waals surface area (Å²) in [5.74, 6) is 0. The van der Waals surface area contributed by atoms with Gasteiger partial charge in [0.2, 0.25) is 0 Å². The summed E-state index contributed by atoms with van der Waals surface area (Å²) in [5.41, 5.74) is 0. The van der Waals surface area contributed by atoms with Crippen LogP contribution in [-0.4, -0.2) is 62.9 Å². The molecule has 0 aromatic carbocycles. The maximum Gasteiger partial charge on any atom is 2.00 e. The summed E-state index contributed by atoms with van der Waals surface area (Å²) >= 11 is 0. The zero-order chi connectivity index (χ0) is 4.28. The summed E-state index contributed by atoms with van der Waals surface area (Å²) in [5, 5.41) is 15.3. The van der Waals surface area contributed by atoms with Crippen LogP contribution in [0.3, 0.4) is 0 Å². The zero-order valence-corrected chi connectivity index (χ0v) is 10.6. The van der Waals surface area contributed by atoms with Crippen LogP contribution in [0.5, 0.6) is 0 Å². The van der Waals surface area contributed by atoms with Crippen molar-refractivity contribution in [1.82, 2.24) is 0 Å². The summed E-state index contributed by atoms with van der Waals surface area (Å²) in [7, 11) is 0.0417. The van der Waals surface area contributed by atoms with Crippen molar-refractivity contribution < 1.29 is 66.7 Å². The fourth-order valence-corrected chi connectivity index (χ4v) is 0. The van der Waals surface area contributed by atoms with Gasteiger partial charge in [0, 0.05) is 49.4 Å². The quantitative estimate of drug-likeness (QED) is 0.458. The molecule has 0 aliphatic rings. The van der Waals surface area contributed by atoms with Crippen molar-refractivity contribution >= 4 is 62.3 Å². The predicted molar refractivity (Wildman–Crippen MR) is 29.0 cm³/mol. The van der Waals surface area contributed by atoms with E-state index in [1.807, 2.05) is 0 Å². The third-order valence-electron chi connectivity index (χ3n) is 0.122. The van der Waals surface area contributed by atoms with Gasteiger partial charge >= 0.3 is 52.8 Å². The molecule has 0 rings (SSSR count). The third-order valence-corrected chi connectivity index (χ3v) is 0.365. The third kappa shape index (κ3) is 17.7. The van der Waals surface area contributed by atoms with Crippen LogP contribution in [0.2, 0.25) is 0 Å². The molecule has 0 aliphatic heterocycles. The van der Waals surface area contributed by atoms with Gasteiger partial charge in [-0.25, -0.2) is 0 Å². The van der Waals surface area contributed by atoms with E-state index in [0.717, 1.165) is 0 Å². The minimum Gasteiger partial charge on any atom is -1.00 e. The SMILES string of the molecule is OB(O)OP.[Eu].[H-].[H-].[Sr+2]. The minimum absolute atomic E-state index is 0. The van der Waals surface area contributed by atoms with Gasteiger partial charge in [-0.3, -0.25) is 0 Å². The monoisotopic (exact) mass is 337 g/mol. The first-order valence-electron chi connectivity index (χ1n) is 0.988. The molecule has 2 N–H and O–H groups in total. The van der Waals surface area contributed by atoms with E-state index in [1.54, 1.807) is 9.47 Å². The van der Waals surface area contributed by atoms with Gasteiger partial charge in [0.15, 0.2) is 0 Å². The Balaban J connectivity index is -0.0000000133. The van der Waals surface area contributed by atoms with Gasteiger partial charge in [0.05, 0.1) is 0 Å². The van der Waals surface area contributed by atoms with E-state index in [9.17, 15) is 0 Å². The minimum atomic E-state index is -1.65. The van der Waals surface area contributed by atoms with E-state index in [1.165, 1.54) is 0 Å². The molecular formula is H6BEuO3PSr. The molecule has 0 aromatic rings. The molecule has 1 unspecified atom stereocenters. The van der Waals surface area contributed by atoms with Gasteiger partial charge in [-0.2, -0.15) is 0 Å². The molecule has 0 bridgehead atoms. The molecule has 7 heteroatoms. The van der Waals surface area contributed by atoms with Crippen LogP contribution in [0, 0.1) is 49.4 Å². The summed E-state index contributed by atoms with van der Waals surface area (Å²) in [6.45, 7) is 0. The second-order valence-electron chi connectivity index (χ2n) is 0.462. The summed E-state index contributed by atoms with van der Waals surface area (Å²) in [6, 6.07) is 0. The van der Waals surface area contributed by atoms with Gasteiger partial charge in [0.25, 0.3) is 0 Å². The van der Waals surface area contributed by atoms with Crippen LogP contribution in [0.25, 0.3) is 0 Å². The van der Waals surface area contributed by atoms with E-state index in [0.29, 0.717) is 0 Å². The smallest absolute Gasteiger partial charge is 1.00 e. The topological polar surface area (TPSA) is 49.7 Å². The van der Waals surface area contributed by atoms with Crippen molar-refractivity contribution in [1.29, 1.82) is 0 Å². The normalized spacial score (nSPS) is 5.57. The Morgan fingerprint density at radius 2 is 1.71 bits per heavy atom. The van der Waals surface area contributed by atoms with Crippen LogP contribution in [0.1, 0.15) is 2.85 Å². The van der Waals surface area contributed by atoms with Crippen molar-refractivity contribution in [3.8, 4) is 0 Å². The number of rotatable bonds is 1. The van der Waals surface area contributed by atoms with E-state index in [2.05, 4.69) is 4.44 Å². The van der Waals surface area contributed by atoms with Gasteiger partial charge < -0.3 is 17.3 Å². The zero-order valence-electron chi connectivity index (χ0n) is 5.54. The van der Waals surface area contributed by atoms with Crippen molar-refractivity contribution in [2.45, 2.75) is 0 Å². The Morgan fingerprint density at radius 1 is 1.57 bits per heavy atom. The van der Waals surface area contributed by atoms with Crippen LogP contribution in [0.4, 0.5) is 0 Å². The standard InChI is InChI=1S/BH4O3P.Eu.Sr.2H/c2-1(3)4-5;;;;/h2-3H,5H2;;;;/q;;+2;2*-1. The van der Waals surface area contributed by atoms with E-state index in [-0.39, 0.29) is 97.7 Å². The maximum atomic E-state index is 7.67. The molecule has 3 nitrogen and oxygen atoms in total. The average Bonchev–Trinajstić information content (AvgIpc) is 1.38. The van der Waals surface area contributed by atoms with Gasteiger partial charge in [-0.05, 0) is 9.47 Å². The van der Waals surface area contributed by atoms with Gasteiger partial charge in [-0.15, -0.1) is 0 Å². The first kappa shape index (κ1) is 16.8. The second kappa shape index (κ2) is 12.1. The molecule has 7 heavy (non-hydrogen) atoms. The Hall–Kier alpha value is 3.44. The molecule has 0 spiro atoms. The average molecular weight is 335 g/mol. The van der Waals surface area contributed by atoms with E-state index >= 15 is 0 Å². The summed E-state index contributed by atoms with van der Waals surface area (Å²) in [6.07, 6.45) is 0. The molecule has 0 saturated carbocycles. The van der Waals surface area contributed by atoms with E-state index < -0.39 is 7.32 Å². The Morgan fingerprint density at radius 3 is 1.71 bits per heavy atom. The van der Waals surface area contributed by atoms with Crippen molar-refractivity contribution in [3.63, 3.8) is 0 Å². The number of hydrogen-bond acceptors (Lipinski definition) is 3. The summed E-state index contributed by atoms with van der Waals surface area (Å²) < 4.78 is 3.78. The molecule has 1 radical (unpaired) electrons. The first-order chi connectivity index (χ1) is 2.27. The van der Waals surface area contributed by atoms with Crippen LogP contribution < -0.4 is 0 Å². The van der Waals surface area contributed by atoms with Gasteiger partial charge in [-0.1, -0.05) is 0 Å². The molecular weight excluding hydrogens is 329 g/mol. The summed E-state index contributed by atoms with van der Waals surface area (Å²) in [4.78, 5) is 0. The van der Waals surface area contributed by atoms with Crippen molar-refractivity contribution in [2.24, 2.45) is 0 Å². The molecule has 41 valence electrons. The fourth-order valence-electron chi connectivity index (χ4n) is 0. The molecule has 0 aromatic heterocycles. The largest absolute Gasteiger partial charge is 2.00 e. The molecule has 0 amide bonds. The fraction of sp³-hybridized carbons (Fsp3) is 0. The van der Waals surface area contributed by atoms with E-state index in [4.69, 9.17) is 10.0 Å². The predicted octanol–water partition coefficient (Wildman–Crippen LogP) is -1.39. The second-order valence-corrected chi connectivity index (χ2v) is 0.735. The maximum absolute atomic E-state index is 7.67. The Kier molecular flexibility index (Phi) is 29.2. The van der Waals surface area contributed by atoms with Gasteiger partial charge in [0.1, 0.15) is 0 Å². The number of hydrogen-bond donors (Lipinski definition) is 2. The van der Waals surface area contributed by atoms with Crippen molar-refractivity contribution in [3.05, 3.63) is 0 Å². The van der Waals surface area contributed by atoms with Crippen molar-refractivity contribution in [2.75, 3.05) is 0 Å². The molecule has 0 saturated heterocycles. The van der Waals surface area contributed by atoms with Crippen LogP contribution in [-0.2, 0) is 4.44 Å². The van der Waals surface area contributed by atoms with Crippen LogP contribution >= 0.6 is 9.47 Å². The Bertz CT molecular complexity index is 35.8. The Labute approximate surface area is 126 Å². The molecule has 0 fully saturated rings. The van der Waals surface area contributed by atoms with Crippen LogP contribution in [0.15, 0.2) is 0 Å². The first-order valence-corrected chi connectivity index (χ1v) is 1.46. The molecule has 1 atom stereocenters.